The van der Waals surface area contributed by atoms with E-state index in [4.69, 9.17) is 4.74 Å². The van der Waals surface area contributed by atoms with E-state index in [1.807, 2.05) is 6.92 Å². The van der Waals surface area contributed by atoms with Crippen LogP contribution in [0, 0.1) is 11.8 Å². The molecule has 18 heavy (non-hydrogen) atoms. The SMILES string of the molecule is CCNC(CCCC(F)(F)F)C1CCOCC1C. The molecule has 1 aliphatic rings. The highest BCUT2D eigenvalue weighted by Gasteiger charge is 2.31. The van der Waals surface area contributed by atoms with Gasteiger partial charge in [-0.25, -0.2) is 0 Å². The molecule has 0 amide bonds. The summed E-state index contributed by atoms with van der Waals surface area (Å²) in [5, 5.41) is 3.35. The molecule has 0 aliphatic carbocycles. The zero-order chi connectivity index (χ0) is 13.6. The highest BCUT2D eigenvalue weighted by molar-refractivity contribution is 4.82. The molecule has 0 aromatic rings. The molecule has 0 aromatic heterocycles. The Labute approximate surface area is 107 Å². The van der Waals surface area contributed by atoms with Crippen molar-refractivity contribution in [1.29, 1.82) is 0 Å². The van der Waals surface area contributed by atoms with E-state index < -0.39 is 12.6 Å². The van der Waals surface area contributed by atoms with Crippen LogP contribution in [0.3, 0.4) is 0 Å². The first-order chi connectivity index (χ1) is 8.44. The van der Waals surface area contributed by atoms with Gasteiger partial charge < -0.3 is 10.1 Å². The van der Waals surface area contributed by atoms with Crippen molar-refractivity contribution in [2.75, 3.05) is 19.8 Å². The van der Waals surface area contributed by atoms with Crippen LogP contribution in [-0.2, 0) is 4.74 Å². The zero-order valence-electron chi connectivity index (χ0n) is 11.2. The molecule has 5 heteroatoms. The van der Waals surface area contributed by atoms with Gasteiger partial charge in [0.15, 0.2) is 0 Å². The van der Waals surface area contributed by atoms with Crippen LogP contribution < -0.4 is 5.32 Å². The summed E-state index contributed by atoms with van der Waals surface area (Å²) in [5.41, 5.74) is 0. The fraction of sp³-hybridized carbons (Fsp3) is 1.00. The predicted octanol–water partition coefficient (Wildman–Crippen LogP) is 3.37. The van der Waals surface area contributed by atoms with Crippen LogP contribution in [0.1, 0.15) is 39.5 Å². The quantitative estimate of drug-likeness (QED) is 0.796. The monoisotopic (exact) mass is 267 g/mol. The van der Waals surface area contributed by atoms with Gasteiger partial charge in [-0.3, -0.25) is 0 Å². The summed E-state index contributed by atoms with van der Waals surface area (Å²) in [6.45, 7) is 6.39. The van der Waals surface area contributed by atoms with Gasteiger partial charge in [-0.15, -0.1) is 0 Å². The number of ether oxygens (including phenoxy) is 1. The molecule has 3 unspecified atom stereocenters. The lowest BCUT2D eigenvalue weighted by Gasteiger charge is -2.36. The van der Waals surface area contributed by atoms with E-state index >= 15 is 0 Å². The minimum atomic E-state index is -4.03. The Bertz CT molecular complexity index is 233. The number of alkyl halides is 3. The summed E-state index contributed by atoms with van der Waals surface area (Å²) < 4.78 is 41.9. The molecule has 0 radical (unpaired) electrons. The second-order valence-electron chi connectivity index (χ2n) is 5.18. The minimum absolute atomic E-state index is 0.191. The van der Waals surface area contributed by atoms with E-state index in [2.05, 4.69) is 12.2 Å². The van der Waals surface area contributed by atoms with Gasteiger partial charge in [0.05, 0.1) is 0 Å². The zero-order valence-corrected chi connectivity index (χ0v) is 11.2. The van der Waals surface area contributed by atoms with Crippen molar-refractivity contribution in [3.63, 3.8) is 0 Å². The number of halogens is 3. The number of hydrogen-bond donors (Lipinski definition) is 1. The van der Waals surface area contributed by atoms with Crippen molar-refractivity contribution >= 4 is 0 Å². The summed E-state index contributed by atoms with van der Waals surface area (Å²) in [6, 6.07) is 0.191. The van der Waals surface area contributed by atoms with Crippen LogP contribution in [0.5, 0.6) is 0 Å². The van der Waals surface area contributed by atoms with Crippen molar-refractivity contribution in [2.24, 2.45) is 11.8 Å². The molecule has 0 spiro atoms. The first-order valence-electron chi connectivity index (χ1n) is 6.82. The fourth-order valence-corrected chi connectivity index (χ4v) is 2.75. The van der Waals surface area contributed by atoms with E-state index in [1.54, 1.807) is 0 Å². The van der Waals surface area contributed by atoms with Gasteiger partial charge in [-0.05, 0) is 37.6 Å². The van der Waals surface area contributed by atoms with Crippen molar-refractivity contribution in [3.8, 4) is 0 Å². The molecular formula is C13H24F3NO. The molecular weight excluding hydrogens is 243 g/mol. The Kier molecular flexibility index (Phi) is 6.43. The Balaban J connectivity index is 2.42. The van der Waals surface area contributed by atoms with Crippen LogP contribution >= 0.6 is 0 Å². The van der Waals surface area contributed by atoms with Crippen molar-refractivity contribution in [2.45, 2.75) is 51.7 Å². The summed E-state index contributed by atoms with van der Waals surface area (Å²) in [7, 11) is 0. The van der Waals surface area contributed by atoms with Crippen molar-refractivity contribution < 1.29 is 17.9 Å². The van der Waals surface area contributed by atoms with Gasteiger partial charge in [0.1, 0.15) is 0 Å². The Morgan fingerprint density at radius 2 is 2.11 bits per heavy atom. The first kappa shape index (κ1) is 15.8. The molecule has 0 aromatic carbocycles. The smallest absolute Gasteiger partial charge is 0.381 e. The van der Waals surface area contributed by atoms with E-state index in [9.17, 15) is 13.2 Å². The maximum absolute atomic E-state index is 12.2. The van der Waals surface area contributed by atoms with Gasteiger partial charge in [0.2, 0.25) is 0 Å². The summed E-state index contributed by atoms with van der Waals surface area (Å²) in [6.07, 6.45) is -2.94. The molecule has 0 bridgehead atoms. The number of nitrogens with one attached hydrogen (secondary N) is 1. The molecule has 1 saturated heterocycles. The first-order valence-corrected chi connectivity index (χ1v) is 6.82. The second kappa shape index (κ2) is 7.34. The highest BCUT2D eigenvalue weighted by atomic mass is 19.4. The third-order valence-electron chi connectivity index (χ3n) is 3.67. The molecule has 1 fully saturated rings. The van der Waals surface area contributed by atoms with Gasteiger partial charge in [0, 0.05) is 25.7 Å². The average molecular weight is 267 g/mol. The molecule has 1 rings (SSSR count). The third-order valence-corrected chi connectivity index (χ3v) is 3.67. The van der Waals surface area contributed by atoms with Gasteiger partial charge in [0.25, 0.3) is 0 Å². The number of rotatable bonds is 6. The lowest BCUT2D eigenvalue weighted by Crippen LogP contribution is -2.43. The van der Waals surface area contributed by atoms with E-state index in [-0.39, 0.29) is 12.5 Å². The molecule has 0 saturated carbocycles. The van der Waals surface area contributed by atoms with Crippen LogP contribution in [0.4, 0.5) is 13.2 Å². The molecule has 108 valence electrons. The van der Waals surface area contributed by atoms with E-state index in [0.717, 1.165) is 26.2 Å². The third kappa shape index (κ3) is 5.57. The van der Waals surface area contributed by atoms with Crippen LogP contribution in [0.25, 0.3) is 0 Å². The average Bonchev–Trinajstić information content (AvgIpc) is 2.27. The summed E-state index contributed by atoms with van der Waals surface area (Å²) >= 11 is 0. The van der Waals surface area contributed by atoms with Gasteiger partial charge in [-0.1, -0.05) is 13.8 Å². The van der Waals surface area contributed by atoms with Crippen LogP contribution in [-0.4, -0.2) is 32.0 Å². The summed E-state index contributed by atoms with van der Waals surface area (Å²) in [5.74, 6) is 0.862. The summed E-state index contributed by atoms with van der Waals surface area (Å²) in [4.78, 5) is 0. The molecule has 1 aliphatic heterocycles. The highest BCUT2D eigenvalue weighted by Crippen LogP contribution is 2.29. The Morgan fingerprint density at radius 1 is 1.39 bits per heavy atom. The maximum Gasteiger partial charge on any atom is 0.389 e. The molecule has 3 atom stereocenters. The molecule has 1 N–H and O–H groups in total. The minimum Gasteiger partial charge on any atom is -0.381 e. The van der Waals surface area contributed by atoms with Crippen LogP contribution in [0.15, 0.2) is 0 Å². The lowest BCUT2D eigenvalue weighted by molar-refractivity contribution is -0.136. The van der Waals surface area contributed by atoms with Gasteiger partial charge in [-0.2, -0.15) is 13.2 Å². The predicted molar refractivity (Wildman–Crippen MR) is 65.5 cm³/mol. The topological polar surface area (TPSA) is 21.3 Å². The Hall–Kier alpha value is -0.290. The largest absolute Gasteiger partial charge is 0.389 e. The fourth-order valence-electron chi connectivity index (χ4n) is 2.75. The maximum atomic E-state index is 12.2. The molecule has 1 heterocycles. The Morgan fingerprint density at radius 3 is 2.67 bits per heavy atom. The van der Waals surface area contributed by atoms with Crippen molar-refractivity contribution in [1.82, 2.24) is 5.32 Å². The van der Waals surface area contributed by atoms with Gasteiger partial charge >= 0.3 is 6.18 Å². The standard InChI is InChI=1S/C13H24F3NO/c1-3-17-12(5-4-7-13(14,15)16)11-6-8-18-9-10(11)2/h10-12,17H,3-9H2,1-2H3. The second-order valence-corrected chi connectivity index (χ2v) is 5.18. The molecule has 2 nitrogen and oxygen atoms in total. The normalized spacial score (nSPS) is 27.2. The van der Waals surface area contributed by atoms with Crippen molar-refractivity contribution in [3.05, 3.63) is 0 Å². The van der Waals surface area contributed by atoms with E-state index in [0.29, 0.717) is 18.3 Å². The number of hydrogen-bond acceptors (Lipinski definition) is 2. The van der Waals surface area contributed by atoms with Crippen LogP contribution in [0.2, 0.25) is 0 Å². The lowest BCUT2D eigenvalue weighted by atomic mass is 9.81. The van der Waals surface area contributed by atoms with E-state index in [1.165, 1.54) is 0 Å².